The van der Waals surface area contributed by atoms with E-state index in [1.165, 1.54) is 11.3 Å². The maximum absolute atomic E-state index is 12.1. The predicted octanol–water partition coefficient (Wildman–Crippen LogP) is 3.22. The molecule has 0 aromatic heterocycles. The van der Waals surface area contributed by atoms with Crippen LogP contribution in [0.2, 0.25) is 0 Å². The Balaban J connectivity index is 0.00000156. The number of fused-ring (bicyclic) bond motifs is 1. The number of nitrogens with zero attached hydrogens (tertiary/aromatic N) is 1. The summed E-state index contributed by atoms with van der Waals surface area (Å²) in [4.78, 5) is 14.5. The fourth-order valence-electron chi connectivity index (χ4n) is 3.08. The van der Waals surface area contributed by atoms with Gasteiger partial charge in [0, 0.05) is 30.5 Å². The van der Waals surface area contributed by atoms with E-state index in [0.29, 0.717) is 13.0 Å². The highest BCUT2D eigenvalue weighted by atomic mass is 35.5. The van der Waals surface area contributed by atoms with Crippen LogP contribution in [0.15, 0.2) is 48.5 Å². The number of nitrogens with one attached hydrogen (secondary N) is 1. The molecule has 2 aromatic rings. The molecule has 0 saturated carbocycles. The summed E-state index contributed by atoms with van der Waals surface area (Å²) in [5.74, 6) is 0.0501. The summed E-state index contributed by atoms with van der Waals surface area (Å²) in [5, 5.41) is 3.04. The van der Waals surface area contributed by atoms with Gasteiger partial charge in [-0.1, -0.05) is 30.3 Å². The van der Waals surface area contributed by atoms with Crippen LogP contribution < -0.4 is 16.0 Å². The van der Waals surface area contributed by atoms with Gasteiger partial charge in [-0.05, 0) is 42.7 Å². The van der Waals surface area contributed by atoms with Crippen LogP contribution in [0.3, 0.4) is 0 Å². The quantitative estimate of drug-likeness (QED) is 0.781. The van der Waals surface area contributed by atoms with Crippen molar-refractivity contribution in [3.63, 3.8) is 0 Å². The Bertz CT molecular complexity index is 691. The molecule has 25 heavy (non-hydrogen) atoms. The number of benzene rings is 2. The number of anilines is 2. The van der Waals surface area contributed by atoms with E-state index in [0.717, 1.165) is 24.2 Å². The first-order valence-electron chi connectivity index (χ1n) is 8.09. The van der Waals surface area contributed by atoms with Gasteiger partial charge in [0.05, 0.1) is 6.42 Å². The third-order valence-corrected chi connectivity index (χ3v) is 4.39. The maximum atomic E-state index is 12.1. The van der Waals surface area contributed by atoms with Gasteiger partial charge < -0.3 is 16.0 Å². The number of hydrogen-bond acceptors (Lipinski definition) is 3. The Morgan fingerprint density at radius 3 is 2.56 bits per heavy atom. The molecule has 0 fully saturated rings. The van der Waals surface area contributed by atoms with Crippen LogP contribution in [-0.4, -0.2) is 25.0 Å². The molecule has 1 unspecified atom stereocenters. The number of amides is 1. The standard InChI is InChI=1S/C19H23N3O.2ClH/c1-14(22-11-10-16-4-2-3-5-18(16)22)13-21-19(23)12-15-6-8-17(20)9-7-15;;/h2-9,14H,10-13,20H2,1H3,(H,21,23);2*1H. The Morgan fingerprint density at radius 2 is 1.84 bits per heavy atom. The van der Waals surface area contributed by atoms with E-state index in [4.69, 9.17) is 5.73 Å². The van der Waals surface area contributed by atoms with Crippen molar-refractivity contribution in [2.75, 3.05) is 23.7 Å². The second kappa shape index (κ2) is 9.54. The molecule has 4 nitrogen and oxygen atoms in total. The molecule has 3 rings (SSSR count). The summed E-state index contributed by atoms with van der Waals surface area (Å²) < 4.78 is 0. The van der Waals surface area contributed by atoms with Gasteiger partial charge in [-0.15, -0.1) is 24.8 Å². The Morgan fingerprint density at radius 1 is 1.16 bits per heavy atom. The average molecular weight is 382 g/mol. The van der Waals surface area contributed by atoms with E-state index in [1.807, 2.05) is 24.3 Å². The van der Waals surface area contributed by atoms with Crippen molar-refractivity contribution in [2.45, 2.75) is 25.8 Å². The summed E-state index contributed by atoms with van der Waals surface area (Å²) in [6, 6.07) is 16.2. The Hall–Kier alpha value is -1.91. The van der Waals surface area contributed by atoms with Crippen molar-refractivity contribution >= 4 is 42.1 Å². The molecule has 136 valence electrons. The molecule has 0 radical (unpaired) electrons. The minimum atomic E-state index is 0. The molecule has 1 amide bonds. The van der Waals surface area contributed by atoms with Crippen LogP contribution in [0.5, 0.6) is 0 Å². The summed E-state index contributed by atoms with van der Waals surface area (Å²) in [6.45, 7) is 3.84. The number of rotatable bonds is 5. The SMILES string of the molecule is CC(CNC(=O)Cc1ccc(N)cc1)N1CCc2ccccc21.Cl.Cl. The molecule has 0 aliphatic carbocycles. The number of halogens is 2. The second-order valence-electron chi connectivity index (χ2n) is 6.14. The summed E-state index contributed by atoms with van der Waals surface area (Å²) in [7, 11) is 0. The minimum absolute atomic E-state index is 0. The summed E-state index contributed by atoms with van der Waals surface area (Å²) in [6.07, 6.45) is 1.48. The Kier molecular flexibility index (Phi) is 8.07. The number of carbonyl (C=O) groups is 1. The monoisotopic (exact) mass is 381 g/mol. The lowest BCUT2D eigenvalue weighted by Gasteiger charge is -2.27. The van der Waals surface area contributed by atoms with E-state index in [-0.39, 0.29) is 36.8 Å². The maximum Gasteiger partial charge on any atom is 0.224 e. The van der Waals surface area contributed by atoms with E-state index >= 15 is 0 Å². The van der Waals surface area contributed by atoms with Gasteiger partial charge in [0.1, 0.15) is 0 Å². The highest BCUT2D eigenvalue weighted by Crippen LogP contribution is 2.28. The minimum Gasteiger partial charge on any atom is -0.399 e. The van der Waals surface area contributed by atoms with Gasteiger partial charge in [-0.2, -0.15) is 0 Å². The summed E-state index contributed by atoms with van der Waals surface area (Å²) >= 11 is 0. The highest BCUT2D eigenvalue weighted by Gasteiger charge is 2.22. The van der Waals surface area contributed by atoms with E-state index in [2.05, 4.69) is 41.4 Å². The lowest BCUT2D eigenvalue weighted by atomic mass is 10.1. The molecule has 0 saturated heterocycles. The second-order valence-corrected chi connectivity index (χ2v) is 6.14. The van der Waals surface area contributed by atoms with E-state index in [9.17, 15) is 4.79 Å². The molecule has 1 heterocycles. The molecule has 1 aliphatic heterocycles. The van der Waals surface area contributed by atoms with Crippen LogP contribution >= 0.6 is 24.8 Å². The molecule has 1 aliphatic rings. The van der Waals surface area contributed by atoms with Crippen LogP contribution in [0.4, 0.5) is 11.4 Å². The van der Waals surface area contributed by atoms with Crippen LogP contribution in [0.1, 0.15) is 18.1 Å². The van der Waals surface area contributed by atoms with E-state index in [1.54, 1.807) is 0 Å². The molecule has 6 heteroatoms. The van der Waals surface area contributed by atoms with Gasteiger partial charge in [-0.3, -0.25) is 4.79 Å². The zero-order chi connectivity index (χ0) is 16.2. The van der Waals surface area contributed by atoms with Crippen molar-refractivity contribution in [1.82, 2.24) is 5.32 Å². The topological polar surface area (TPSA) is 58.4 Å². The third-order valence-electron chi connectivity index (χ3n) is 4.39. The number of nitrogens with two attached hydrogens (primary N) is 1. The number of carbonyl (C=O) groups excluding carboxylic acids is 1. The normalized spacial score (nSPS) is 13.2. The van der Waals surface area contributed by atoms with Gasteiger partial charge >= 0.3 is 0 Å². The van der Waals surface area contributed by atoms with Crippen LogP contribution in [0, 0.1) is 0 Å². The zero-order valence-electron chi connectivity index (χ0n) is 14.3. The lowest BCUT2D eigenvalue weighted by molar-refractivity contribution is -0.120. The fraction of sp³-hybridized carbons (Fsp3) is 0.316. The summed E-state index contributed by atoms with van der Waals surface area (Å²) in [5.41, 5.74) is 10.1. The molecule has 3 N–H and O–H groups in total. The molecular weight excluding hydrogens is 357 g/mol. The van der Waals surface area contributed by atoms with Crippen LogP contribution in [-0.2, 0) is 17.6 Å². The average Bonchev–Trinajstić information content (AvgIpc) is 2.99. The Labute approximate surface area is 161 Å². The number of nitrogen functional groups attached to an aromatic ring is 1. The fourth-order valence-corrected chi connectivity index (χ4v) is 3.08. The molecule has 2 aromatic carbocycles. The van der Waals surface area contributed by atoms with Gasteiger partial charge in [0.2, 0.25) is 5.91 Å². The first kappa shape index (κ1) is 21.1. The van der Waals surface area contributed by atoms with Gasteiger partial charge in [0.25, 0.3) is 0 Å². The van der Waals surface area contributed by atoms with Crippen molar-refractivity contribution in [1.29, 1.82) is 0 Å². The lowest BCUT2D eigenvalue weighted by Crippen LogP contribution is -2.41. The van der Waals surface area contributed by atoms with Crippen molar-refractivity contribution in [3.05, 3.63) is 59.7 Å². The highest BCUT2D eigenvalue weighted by molar-refractivity contribution is 5.85. The number of para-hydroxylation sites is 1. The van der Waals surface area contributed by atoms with Crippen LogP contribution in [0.25, 0.3) is 0 Å². The molecule has 1 atom stereocenters. The first-order chi connectivity index (χ1) is 11.1. The molecular formula is C19H25Cl2N3O. The smallest absolute Gasteiger partial charge is 0.224 e. The van der Waals surface area contributed by atoms with Gasteiger partial charge in [0.15, 0.2) is 0 Å². The molecule has 0 bridgehead atoms. The molecule has 0 spiro atoms. The van der Waals surface area contributed by atoms with Crippen molar-refractivity contribution in [2.24, 2.45) is 0 Å². The van der Waals surface area contributed by atoms with E-state index < -0.39 is 0 Å². The number of hydrogen-bond donors (Lipinski definition) is 2. The van der Waals surface area contributed by atoms with Crippen molar-refractivity contribution < 1.29 is 4.79 Å². The van der Waals surface area contributed by atoms with Crippen molar-refractivity contribution in [3.8, 4) is 0 Å². The predicted molar refractivity (Wildman–Crippen MR) is 109 cm³/mol. The third kappa shape index (κ3) is 5.28. The largest absolute Gasteiger partial charge is 0.399 e. The van der Waals surface area contributed by atoms with Gasteiger partial charge in [-0.25, -0.2) is 0 Å². The first-order valence-corrected chi connectivity index (χ1v) is 8.09. The zero-order valence-corrected chi connectivity index (χ0v) is 15.9.